The molecule has 3 aromatic rings. The summed E-state index contributed by atoms with van der Waals surface area (Å²) < 4.78 is 27.9. The third kappa shape index (κ3) is 4.78. The lowest BCUT2D eigenvalue weighted by Gasteiger charge is -2.17. The van der Waals surface area contributed by atoms with E-state index in [2.05, 4.69) is 23.0 Å². The summed E-state index contributed by atoms with van der Waals surface area (Å²) in [6.45, 7) is 2.15. The molecule has 1 aromatic heterocycles. The number of hydrogen-bond acceptors (Lipinski definition) is 7. The lowest BCUT2D eigenvalue weighted by atomic mass is 9.88. The van der Waals surface area contributed by atoms with Crippen LogP contribution in [-0.2, 0) is 22.9 Å². The van der Waals surface area contributed by atoms with E-state index in [4.69, 9.17) is 0 Å². The standard InChI is InChI=1S/C23H20N4O5S2/c1-14-8-9-19-20(13-24)23(33-21(19)10-14)25-22(28)15-4-2-7-18(11-15)34(31,32)26-16-5-3-6-17(12-16)27(29)30/h2-7,11-12,14,26H,8-10H2,1H3,(H,25,28)/t14-/m0/s1. The first-order chi connectivity index (χ1) is 16.2. The number of fused-ring (bicyclic) bond motifs is 1. The zero-order chi connectivity index (χ0) is 24.5. The maximum absolute atomic E-state index is 12.9. The highest BCUT2D eigenvalue weighted by Crippen LogP contribution is 2.39. The van der Waals surface area contributed by atoms with Crippen molar-refractivity contribution in [2.75, 3.05) is 10.0 Å². The number of nitriles is 1. The molecule has 174 valence electrons. The van der Waals surface area contributed by atoms with Crippen LogP contribution in [0.25, 0.3) is 0 Å². The minimum atomic E-state index is -4.11. The molecule has 1 aliphatic rings. The van der Waals surface area contributed by atoms with Crippen LogP contribution in [0.15, 0.2) is 53.4 Å². The van der Waals surface area contributed by atoms with E-state index in [-0.39, 0.29) is 21.8 Å². The van der Waals surface area contributed by atoms with Gasteiger partial charge in [-0.3, -0.25) is 19.6 Å². The third-order valence-electron chi connectivity index (χ3n) is 5.57. The van der Waals surface area contributed by atoms with Crippen LogP contribution in [0.1, 0.15) is 39.7 Å². The second-order valence-corrected chi connectivity index (χ2v) is 10.9. The number of carbonyl (C=O) groups is 1. The Hall–Kier alpha value is -3.75. The van der Waals surface area contributed by atoms with Gasteiger partial charge in [-0.05, 0) is 55.0 Å². The Labute approximate surface area is 200 Å². The molecule has 2 aromatic carbocycles. The first-order valence-corrected chi connectivity index (χ1v) is 12.7. The Morgan fingerprint density at radius 2 is 2.00 bits per heavy atom. The van der Waals surface area contributed by atoms with E-state index in [0.29, 0.717) is 16.5 Å². The number of sulfonamides is 1. The maximum Gasteiger partial charge on any atom is 0.271 e. The number of carbonyl (C=O) groups excluding carboxylic acids is 1. The van der Waals surface area contributed by atoms with Gasteiger partial charge in [0.05, 0.1) is 21.1 Å². The molecule has 34 heavy (non-hydrogen) atoms. The van der Waals surface area contributed by atoms with Crippen molar-refractivity contribution in [2.45, 2.75) is 31.1 Å². The molecule has 1 atom stereocenters. The highest BCUT2D eigenvalue weighted by molar-refractivity contribution is 7.92. The quantitative estimate of drug-likeness (QED) is 0.374. The van der Waals surface area contributed by atoms with E-state index in [0.717, 1.165) is 35.8 Å². The van der Waals surface area contributed by atoms with Gasteiger partial charge in [-0.1, -0.05) is 19.1 Å². The van der Waals surface area contributed by atoms with Gasteiger partial charge >= 0.3 is 0 Å². The van der Waals surface area contributed by atoms with Crippen molar-refractivity contribution < 1.29 is 18.1 Å². The van der Waals surface area contributed by atoms with Gasteiger partial charge in [0, 0.05) is 22.6 Å². The largest absolute Gasteiger partial charge is 0.312 e. The normalized spacial score (nSPS) is 15.1. The van der Waals surface area contributed by atoms with Crippen LogP contribution in [0.3, 0.4) is 0 Å². The number of nitro groups is 1. The lowest BCUT2D eigenvalue weighted by Crippen LogP contribution is -2.16. The van der Waals surface area contributed by atoms with Crippen LogP contribution < -0.4 is 10.0 Å². The number of non-ortho nitro benzene ring substituents is 1. The van der Waals surface area contributed by atoms with Gasteiger partial charge in [0.25, 0.3) is 21.6 Å². The number of amides is 1. The molecule has 0 fully saturated rings. The van der Waals surface area contributed by atoms with Crippen molar-refractivity contribution in [1.29, 1.82) is 5.26 Å². The van der Waals surface area contributed by atoms with Crippen molar-refractivity contribution in [2.24, 2.45) is 5.92 Å². The van der Waals surface area contributed by atoms with Gasteiger partial charge in [-0.15, -0.1) is 11.3 Å². The molecule has 0 saturated heterocycles. The fourth-order valence-corrected chi connectivity index (χ4v) is 6.29. The van der Waals surface area contributed by atoms with Crippen LogP contribution in [0.5, 0.6) is 0 Å². The fraction of sp³-hybridized carbons (Fsp3) is 0.217. The summed E-state index contributed by atoms with van der Waals surface area (Å²) in [5.74, 6) is -0.0165. The maximum atomic E-state index is 12.9. The SMILES string of the molecule is C[C@H]1CCc2c(sc(NC(=O)c3cccc(S(=O)(=O)Nc4cccc([N+](=O)[O-])c4)c3)c2C#N)C1. The van der Waals surface area contributed by atoms with Gasteiger partial charge < -0.3 is 5.32 Å². The summed E-state index contributed by atoms with van der Waals surface area (Å²) in [6.07, 6.45) is 2.65. The number of nitro benzene ring substituents is 1. The van der Waals surface area contributed by atoms with E-state index in [1.54, 1.807) is 0 Å². The van der Waals surface area contributed by atoms with Crippen LogP contribution in [0.2, 0.25) is 0 Å². The molecule has 0 aliphatic heterocycles. The topological polar surface area (TPSA) is 142 Å². The minimum absolute atomic E-state index is 0.0288. The number of nitrogens with zero attached hydrogens (tertiary/aromatic N) is 2. The van der Waals surface area contributed by atoms with E-state index in [1.807, 2.05) is 0 Å². The molecule has 0 spiro atoms. The van der Waals surface area contributed by atoms with Crippen molar-refractivity contribution in [3.8, 4) is 6.07 Å². The highest BCUT2D eigenvalue weighted by atomic mass is 32.2. The Balaban J connectivity index is 1.57. The summed E-state index contributed by atoms with van der Waals surface area (Å²) in [4.78, 5) is 24.2. The number of benzene rings is 2. The minimum Gasteiger partial charge on any atom is -0.312 e. The van der Waals surface area contributed by atoms with E-state index in [9.17, 15) is 28.6 Å². The molecule has 0 unspecified atom stereocenters. The van der Waals surface area contributed by atoms with Crippen LogP contribution in [0, 0.1) is 27.4 Å². The Bertz CT molecular complexity index is 1440. The number of thiophene rings is 1. The van der Waals surface area contributed by atoms with Gasteiger partial charge in [-0.25, -0.2) is 8.42 Å². The zero-order valence-electron chi connectivity index (χ0n) is 18.1. The molecular weight excluding hydrogens is 476 g/mol. The number of nitrogens with one attached hydrogen (secondary N) is 2. The van der Waals surface area contributed by atoms with Gasteiger partial charge in [0.1, 0.15) is 11.1 Å². The monoisotopic (exact) mass is 496 g/mol. The van der Waals surface area contributed by atoms with Crippen LogP contribution >= 0.6 is 11.3 Å². The summed E-state index contributed by atoms with van der Waals surface area (Å²) in [5.41, 5.74) is 1.33. The smallest absolute Gasteiger partial charge is 0.271 e. The highest BCUT2D eigenvalue weighted by Gasteiger charge is 2.25. The average molecular weight is 497 g/mol. The van der Waals surface area contributed by atoms with E-state index >= 15 is 0 Å². The molecule has 4 rings (SSSR count). The predicted molar refractivity (Wildman–Crippen MR) is 129 cm³/mol. The first-order valence-electron chi connectivity index (χ1n) is 10.4. The van der Waals surface area contributed by atoms with Crippen molar-refractivity contribution in [1.82, 2.24) is 0 Å². The molecule has 9 nitrogen and oxygen atoms in total. The molecule has 0 radical (unpaired) electrons. The summed E-state index contributed by atoms with van der Waals surface area (Å²) in [7, 11) is -4.11. The summed E-state index contributed by atoms with van der Waals surface area (Å²) >= 11 is 1.39. The van der Waals surface area contributed by atoms with E-state index < -0.39 is 20.9 Å². The summed E-state index contributed by atoms with van der Waals surface area (Å²) in [6, 6.07) is 12.8. The lowest BCUT2D eigenvalue weighted by molar-refractivity contribution is -0.384. The van der Waals surface area contributed by atoms with Gasteiger partial charge in [-0.2, -0.15) is 5.26 Å². The van der Waals surface area contributed by atoms with Crippen LogP contribution in [0.4, 0.5) is 16.4 Å². The molecule has 2 N–H and O–H groups in total. The van der Waals surface area contributed by atoms with Crippen molar-refractivity contribution in [3.05, 3.63) is 80.2 Å². The molecule has 1 heterocycles. The Morgan fingerprint density at radius 1 is 1.24 bits per heavy atom. The Kier molecular flexibility index (Phi) is 6.37. The van der Waals surface area contributed by atoms with E-state index in [1.165, 1.54) is 53.8 Å². The second kappa shape index (κ2) is 9.24. The predicted octanol–water partition coefficient (Wildman–Crippen LogP) is 4.71. The number of anilines is 2. The average Bonchev–Trinajstić information content (AvgIpc) is 3.14. The third-order valence-corrected chi connectivity index (χ3v) is 8.12. The molecule has 11 heteroatoms. The summed E-state index contributed by atoms with van der Waals surface area (Å²) in [5, 5.41) is 23.8. The molecule has 1 amide bonds. The van der Waals surface area contributed by atoms with Gasteiger partial charge in [0.2, 0.25) is 0 Å². The second-order valence-electron chi connectivity index (χ2n) is 8.06. The van der Waals surface area contributed by atoms with Crippen molar-refractivity contribution >= 4 is 43.6 Å². The van der Waals surface area contributed by atoms with Crippen LogP contribution in [-0.4, -0.2) is 19.2 Å². The molecular formula is C23H20N4O5S2. The number of rotatable bonds is 6. The Morgan fingerprint density at radius 3 is 2.74 bits per heavy atom. The fourth-order valence-electron chi connectivity index (χ4n) is 3.83. The molecule has 0 bridgehead atoms. The zero-order valence-corrected chi connectivity index (χ0v) is 19.7. The molecule has 1 aliphatic carbocycles. The first kappa shape index (κ1) is 23.4. The molecule has 0 saturated carbocycles. The van der Waals surface area contributed by atoms with Gasteiger partial charge in [0.15, 0.2) is 0 Å². The van der Waals surface area contributed by atoms with Crippen molar-refractivity contribution in [3.63, 3.8) is 0 Å². The number of hydrogen-bond donors (Lipinski definition) is 2.